The predicted molar refractivity (Wildman–Crippen MR) is 105 cm³/mol. The molecule has 2 aromatic carbocycles. The molecule has 1 heterocycles. The molecular weight excluding hydrogens is 409 g/mol. The Balaban J connectivity index is 1.62. The van der Waals surface area contributed by atoms with Crippen molar-refractivity contribution >= 4 is 44.8 Å². The van der Waals surface area contributed by atoms with Gasteiger partial charge in [-0.25, -0.2) is 17.6 Å². The van der Waals surface area contributed by atoms with E-state index >= 15 is 0 Å². The molecule has 2 aromatic rings. The number of benzene rings is 2. The Labute approximate surface area is 166 Å². The Hall–Kier alpha value is -2.65. The molecule has 3 amide bonds. The number of urea groups is 1. The summed E-state index contributed by atoms with van der Waals surface area (Å²) in [5, 5.41) is 7.66. The predicted octanol–water partition coefficient (Wildman–Crippen LogP) is 3.04. The van der Waals surface area contributed by atoms with Crippen molar-refractivity contribution in [2.45, 2.75) is 12.5 Å². The summed E-state index contributed by atoms with van der Waals surface area (Å²) in [6.07, 6.45) is 0.373. The summed E-state index contributed by atoms with van der Waals surface area (Å²) < 4.78 is 36.1. The summed E-state index contributed by atoms with van der Waals surface area (Å²) in [6.45, 7) is 0. The van der Waals surface area contributed by atoms with E-state index in [0.717, 1.165) is 6.07 Å². The molecule has 3 rings (SSSR count). The molecule has 0 aromatic heterocycles. The number of rotatable bonds is 4. The first-order chi connectivity index (χ1) is 13.2. The van der Waals surface area contributed by atoms with E-state index in [1.807, 2.05) is 0 Å². The number of anilines is 2. The highest BCUT2D eigenvalue weighted by Crippen LogP contribution is 2.20. The van der Waals surface area contributed by atoms with Gasteiger partial charge in [0.2, 0.25) is 0 Å². The number of hydrogen-bond donors (Lipinski definition) is 3. The van der Waals surface area contributed by atoms with Crippen LogP contribution in [0, 0.1) is 5.82 Å². The van der Waals surface area contributed by atoms with E-state index in [2.05, 4.69) is 16.0 Å². The largest absolute Gasteiger partial charge is 0.334 e. The summed E-state index contributed by atoms with van der Waals surface area (Å²) in [5.41, 5.74) is 0.958. The van der Waals surface area contributed by atoms with Crippen LogP contribution in [0.2, 0.25) is 5.02 Å². The molecule has 148 valence electrons. The number of hydrogen-bond acceptors (Lipinski definition) is 4. The van der Waals surface area contributed by atoms with Crippen LogP contribution >= 0.6 is 11.6 Å². The molecule has 3 N–H and O–H groups in total. The number of nitrogens with one attached hydrogen (secondary N) is 3. The molecule has 0 saturated carbocycles. The van der Waals surface area contributed by atoms with Gasteiger partial charge in [-0.05, 0) is 42.8 Å². The van der Waals surface area contributed by atoms with Gasteiger partial charge in [0.05, 0.1) is 16.5 Å². The average Bonchev–Trinajstić information content (AvgIpc) is 2.96. The number of carbonyl (C=O) groups excluding carboxylic acids is 2. The molecule has 28 heavy (non-hydrogen) atoms. The van der Waals surface area contributed by atoms with Crippen LogP contribution in [-0.2, 0) is 9.84 Å². The molecule has 0 radical (unpaired) electrons. The van der Waals surface area contributed by atoms with Crippen LogP contribution in [-0.4, -0.2) is 37.9 Å². The lowest BCUT2D eigenvalue weighted by Crippen LogP contribution is -2.38. The van der Waals surface area contributed by atoms with Gasteiger partial charge in [0, 0.05) is 23.0 Å². The molecule has 0 aliphatic carbocycles. The molecule has 1 atom stereocenters. The van der Waals surface area contributed by atoms with E-state index < -0.39 is 33.6 Å². The fraction of sp³-hybridized carbons (Fsp3) is 0.222. The van der Waals surface area contributed by atoms with Crippen LogP contribution in [0.1, 0.15) is 16.8 Å². The Morgan fingerprint density at radius 3 is 2.50 bits per heavy atom. The molecule has 0 bridgehead atoms. The average molecular weight is 426 g/mol. The van der Waals surface area contributed by atoms with E-state index in [1.165, 1.54) is 18.2 Å². The van der Waals surface area contributed by atoms with Crippen molar-refractivity contribution < 1.29 is 22.4 Å². The third kappa shape index (κ3) is 5.20. The molecular formula is C18H17ClFN3O4S. The third-order valence-corrected chi connectivity index (χ3v) is 6.19. The van der Waals surface area contributed by atoms with Gasteiger partial charge in [-0.15, -0.1) is 0 Å². The molecule has 0 unspecified atom stereocenters. The quantitative estimate of drug-likeness (QED) is 0.700. The van der Waals surface area contributed by atoms with Crippen molar-refractivity contribution in [3.63, 3.8) is 0 Å². The molecule has 1 aliphatic rings. The third-order valence-electron chi connectivity index (χ3n) is 4.13. The lowest BCUT2D eigenvalue weighted by molar-refractivity contribution is 0.102. The highest BCUT2D eigenvalue weighted by atomic mass is 35.5. The van der Waals surface area contributed by atoms with Crippen molar-refractivity contribution in [3.05, 3.63) is 58.9 Å². The van der Waals surface area contributed by atoms with Crippen LogP contribution in [0.4, 0.5) is 20.6 Å². The molecule has 7 nitrogen and oxygen atoms in total. The number of halogens is 2. The monoisotopic (exact) mass is 425 g/mol. The molecule has 0 spiro atoms. The zero-order valence-electron chi connectivity index (χ0n) is 14.5. The van der Waals surface area contributed by atoms with Crippen molar-refractivity contribution in [2.24, 2.45) is 0 Å². The Kier molecular flexibility index (Phi) is 5.85. The van der Waals surface area contributed by atoms with E-state index in [0.29, 0.717) is 17.8 Å². The lowest BCUT2D eigenvalue weighted by atomic mass is 10.2. The van der Waals surface area contributed by atoms with Crippen LogP contribution in [0.5, 0.6) is 0 Å². The van der Waals surface area contributed by atoms with Crippen LogP contribution < -0.4 is 16.0 Å². The second kappa shape index (κ2) is 8.15. The Morgan fingerprint density at radius 2 is 1.82 bits per heavy atom. The van der Waals surface area contributed by atoms with E-state index in [9.17, 15) is 22.4 Å². The minimum absolute atomic E-state index is 0.0566. The second-order valence-electron chi connectivity index (χ2n) is 6.36. The van der Waals surface area contributed by atoms with Gasteiger partial charge in [-0.2, -0.15) is 0 Å². The Morgan fingerprint density at radius 1 is 1.07 bits per heavy atom. The number of carbonyl (C=O) groups is 2. The summed E-state index contributed by atoms with van der Waals surface area (Å²) in [5.74, 6) is -1.08. The minimum atomic E-state index is -3.10. The smallest absolute Gasteiger partial charge is 0.319 e. The fourth-order valence-corrected chi connectivity index (χ4v) is 4.63. The van der Waals surface area contributed by atoms with E-state index in [4.69, 9.17) is 11.6 Å². The Bertz CT molecular complexity index is 1030. The van der Waals surface area contributed by atoms with Crippen molar-refractivity contribution in [1.82, 2.24) is 5.32 Å². The maximum Gasteiger partial charge on any atom is 0.319 e. The van der Waals surface area contributed by atoms with Gasteiger partial charge in [0.1, 0.15) is 5.82 Å². The first kappa shape index (κ1) is 20.1. The van der Waals surface area contributed by atoms with E-state index in [-0.39, 0.29) is 22.1 Å². The van der Waals surface area contributed by atoms with Gasteiger partial charge in [0.25, 0.3) is 5.91 Å². The van der Waals surface area contributed by atoms with Crippen LogP contribution in [0.25, 0.3) is 0 Å². The lowest BCUT2D eigenvalue weighted by Gasteiger charge is -2.13. The zero-order valence-corrected chi connectivity index (χ0v) is 16.1. The zero-order chi connectivity index (χ0) is 20.3. The molecule has 10 heteroatoms. The number of sulfone groups is 1. The van der Waals surface area contributed by atoms with Gasteiger partial charge in [-0.1, -0.05) is 17.7 Å². The standard InChI is InChI=1S/C18H17ClFN3O4S/c19-15-9-13(4-5-16(15)20)21-17(24)11-2-1-3-12(8-11)22-18(25)23-14-6-7-28(26,27)10-14/h1-5,8-9,14H,6-7,10H2,(H,21,24)(H2,22,23,25)/t14-/m1/s1. The van der Waals surface area contributed by atoms with Crippen LogP contribution in [0.3, 0.4) is 0 Å². The van der Waals surface area contributed by atoms with Gasteiger partial charge < -0.3 is 16.0 Å². The highest BCUT2D eigenvalue weighted by molar-refractivity contribution is 7.91. The number of amides is 3. The summed E-state index contributed by atoms with van der Waals surface area (Å²) in [7, 11) is -3.10. The van der Waals surface area contributed by atoms with Gasteiger partial charge in [-0.3, -0.25) is 4.79 Å². The van der Waals surface area contributed by atoms with Crippen LogP contribution in [0.15, 0.2) is 42.5 Å². The fourth-order valence-electron chi connectivity index (χ4n) is 2.78. The maximum absolute atomic E-state index is 13.2. The van der Waals surface area contributed by atoms with Crippen molar-refractivity contribution in [2.75, 3.05) is 22.1 Å². The summed E-state index contributed by atoms with van der Waals surface area (Å²) >= 11 is 5.69. The minimum Gasteiger partial charge on any atom is -0.334 e. The topological polar surface area (TPSA) is 104 Å². The SMILES string of the molecule is O=C(Nc1cccc(C(=O)Nc2ccc(F)c(Cl)c2)c1)N[C@@H]1CCS(=O)(=O)C1. The molecule has 1 saturated heterocycles. The first-order valence-corrected chi connectivity index (χ1v) is 10.6. The van der Waals surface area contributed by atoms with Crippen molar-refractivity contribution in [1.29, 1.82) is 0 Å². The van der Waals surface area contributed by atoms with Gasteiger partial charge >= 0.3 is 6.03 Å². The highest BCUT2D eigenvalue weighted by Gasteiger charge is 2.28. The second-order valence-corrected chi connectivity index (χ2v) is 9.00. The van der Waals surface area contributed by atoms with Gasteiger partial charge in [0.15, 0.2) is 9.84 Å². The molecule has 1 fully saturated rings. The normalized spacial score (nSPS) is 17.7. The summed E-state index contributed by atoms with van der Waals surface area (Å²) in [6, 6.07) is 9.02. The van der Waals surface area contributed by atoms with E-state index in [1.54, 1.807) is 18.2 Å². The first-order valence-electron chi connectivity index (χ1n) is 8.36. The molecule has 1 aliphatic heterocycles. The van der Waals surface area contributed by atoms with Crippen molar-refractivity contribution in [3.8, 4) is 0 Å². The maximum atomic E-state index is 13.2. The summed E-state index contributed by atoms with van der Waals surface area (Å²) in [4.78, 5) is 24.4.